The molecule has 0 fully saturated rings. The third-order valence-electron chi connectivity index (χ3n) is 3.15. The van der Waals surface area contributed by atoms with Crippen LogP contribution < -0.4 is 0 Å². The first-order valence-electron chi connectivity index (χ1n) is 6.43. The molecule has 1 aromatic carbocycles. The van der Waals surface area contributed by atoms with E-state index in [2.05, 4.69) is 15.0 Å². The normalized spacial score (nSPS) is 11.9. The van der Waals surface area contributed by atoms with E-state index < -0.39 is 23.3 Å². The van der Waals surface area contributed by atoms with Crippen molar-refractivity contribution in [3.05, 3.63) is 58.9 Å². The van der Waals surface area contributed by atoms with E-state index in [1.807, 2.05) is 0 Å². The Morgan fingerprint density at radius 1 is 1.13 bits per heavy atom. The van der Waals surface area contributed by atoms with E-state index in [4.69, 9.17) is 11.6 Å². The quantitative estimate of drug-likeness (QED) is 0.505. The Kier molecular flexibility index (Phi) is 4.16. The molecular formula is C15H9ClF3N3S. The minimum atomic E-state index is -3.55. The van der Waals surface area contributed by atoms with E-state index in [9.17, 15) is 13.2 Å². The number of nitrogens with zero attached hydrogens (tertiary/aromatic N) is 3. The standard InChI is InChI=1S/C15H9ClF3N3S/c1-23-13-10-4-2-8(16)6-11(10)21-14(22-13)15(18,19)12-5-3-9(17)7-20-12/h2-7H,1H3. The summed E-state index contributed by atoms with van der Waals surface area (Å²) in [5.41, 5.74) is -0.305. The van der Waals surface area contributed by atoms with Crippen LogP contribution in [0.15, 0.2) is 41.6 Å². The van der Waals surface area contributed by atoms with Crippen molar-refractivity contribution in [1.82, 2.24) is 15.0 Å². The Labute approximate surface area is 138 Å². The molecule has 2 heterocycles. The number of rotatable bonds is 3. The molecule has 3 nitrogen and oxygen atoms in total. The van der Waals surface area contributed by atoms with Gasteiger partial charge in [-0.25, -0.2) is 14.4 Å². The van der Waals surface area contributed by atoms with Gasteiger partial charge in [-0.05, 0) is 36.6 Å². The van der Waals surface area contributed by atoms with Crippen molar-refractivity contribution < 1.29 is 13.2 Å². The van der Waals surface area contributed by atoms with E-state index >= 15 is 0 Å². The molecule has 0 aliphatic carbocycles. The summed E-state index contributed by atoms with van der Waals surface area (Å²) in [4.78, 5) is 11.3. The zero-order chi connectivity index (χ0) is 16.6. The number of benzene rings is 1. The van der Waals surface area contributed by atoms with Gasteiger partial charge in [0.2, 0.25) is 5.82 Å². The Balaban J connectivity index is 2.20. The van der Waals surface area contributed by atoms with Crippen LogP contribution in [0, 0.1) is 5.82 Å². The van der Waals surface area contributed by atoms with Crippen molar-refractivity contribution in [2.45, 2.75) is 10.9 Å². The highest BCUT2D eigenvalue weighted by Crippen LogP contribution is 2.35. The Hall–Kier alpha value is -1.86. The lowest BCUT2D eigenvalue weighted by atomic mass is 10.2. The molecule has 0 unspecified atom stereocenters. The topological polar surface area (TPSA) is 38.7 Å². The van der Waals surface area contributed by atoms with Crippen LogP contribution >= 0.6 is 23.4 Å². The molecule has 0 saturated heterocycles. The first-order chi connectivity index (χ1) is 10.9. The molecule has 0 N–H and O–H groups in total. The molecular weight excluding hydrogens is 347 g/mol. The summed E-state index contributed by atoms with van der Waals surface area (Å²) in [5, 5.41) is 1.43. The van der Waals surface area contributed by atoms with Crippen molar-refractivity contribution in [3.8, 4) is 0 Å². The highest BCUT2D eigenvalue weighted by Gasteiger charge is 2.39. The van der Waals surface area contributed by atoms with E-state index in [0.29, 0.717) is 21.0 Å². The second kappa shape index (κ2) is 5.98. The van der Waals surface area contributed by atoms with E-state index in [0.717, 1.165) is 18.3 Å². The van der Waals surface area contributed by atoms with Gasteiger partial charge in [0.05, 0.1) is 11.7 Å². The number of alkyl halides is 2. The number of hydrogen-bond acceptors (Lipinski definition) is 4. The summed E-state index contributed by atoms with van der Waals surface area (Å²) in [6.45, 7) is 0. The highest BCUT2D eigenvalue weighted by molar-refractivity contribution is 7.98. The maximum atomic E-state index is 14.6. The van der Waals surface area contributed by atoms with Gasteiger partial charge in [-0.2, -0.15) is 8.78 Å². The van der Waals surface area contributed by atoms with Crippen LogP contribution in [0.4, 0.5) is 13.2 Å². The smallest absolute Gasteiger partial charge is 0.251 e. The number of halogens is 4. The lowest BCUT2D eigenvalue weighted by Crippen LogP contribution is -2.21. The maximum absolute atomic E-state index is 14.6. The second-order valence-corrected chi connectivity index (χ2v) is 5.89. The van der Waals surface area contributed by atoms with Crippen molar-refractivity contribution in [2.24, 2.45) is 0 Å². The van der Waals surface area contributed by atoms with Crippen LogP contribution in [0.3, 0.4) is 0 Å². The fourth-order valence-electron chi connectivity index (χ4n) is 2.05. The van der Waals surface area contributed by atoms with Gasteiger partial charge >= 0.3 is 5.92 Å². The predicted molar refractivity (Wildman–Crippen MR) is 83.5 cm³/mol. The highest BCUT2D eigenvalue weighted by atomic mass is 35.5. The van der Waals surface area contributed by atoms with E-state index in [1.54, 1.807) is 18.4 Å². The number of hydrogen-bond donors (Lipinski definition) is 0. The molecule has 118 valence electrons. The average Bonchev–Trinajstić information content (AvgIpc) is 2.53. The van der Waals surface area contributed by atoms with Gasteiger partial charge in [-0.15, -0.1) is 11.8 Å². The number of aromatic nitrogens is 3. The van der Waals surface area contributed by atoms with Crippen LogP contribution in [0.2, 0.25) is 5.02 Å². The summed E-state index contributed by atoms with van der Waals surface area (Å²) >= 11 is 7.13. The molecule has 0 radical (unpaired) electrons. The van der Waals surface area contributed by atoms with Gasteiger partial charge in [0.1, 0.15) is 16.5 Å². The molecule has 3 rings (SSSR count). The average molecular weight is 356 g/mol. The molecule has 0 aliphatic rings. The van der Waals surface area contributed by atoms with Gasteiger partial charge in [0.15, 0.2) is 0 Å². The molecule has 0 aliphatic heterocycles. The van der Waals surface area contributed by atoms with Gasteiger partial charge < -0.3 is 0 Å². The Morgan fingerprint density at radius 2 is 1.91 bits per heavy atom. The Bertz CT molecular complexity index is 872. The maximum Gasteiger partial charge on any atom is 0.348 e. The lowest BCUT2D eigenvalue weighted by molar-refractivity contribution is 0.0277. The molecule has 2 aromatic heterocycles. The number of thioether (sulfide) groups is 1. The summed E-state index contributed by atoms with van der Waals surface area (Å²) in [6, 6.07) is 6.66. The van der Waals surface area contributed by atoms with Crippen molar-refractivity contribution in [3.63, 3.8) is 0 Å². The lowest BCUT2D eigenvalue weighted by Gasteiger charge is -2.16. The molecule has 0 saturated carbocycles. The monoisotopic (exact) mass is 355 g/mol. The molecule has 23 heavy (non-hydrogen) atoms. The fraction of sp³-hybridized carbons (Fsp3) is 0.133. The van der Waals surface area contributed by atoms with Gasteiger partial charge in [0.25, 0.3) is 0 Å². The van der Waals surface area contributed by atoms with E-state index in [-0.39, 0.29) is 0 Å². The zero-order valence-corrected chi connectivity index (χ0v) is 13.3. The minimum Gasteiger partial charge on any atom is -0.251 e. The van der Waals surface area contributed by atoms with E-state index in [1.165, 1.54) is 17.8 Å². The molecule has 8 heteroatoms. The SMILES string of the molecule is CSc1nc(C(F)(F)c2ccc(F)cn2)nc2cc(Cl)ccc12. The first kappa shape index (κ1) is 16.0. The number of fused-ring (bicyclic) bond motifs is 1. The first-order valence-corrected chi connectivity index (χ1v) is 8.03. The minimum absolute atomic E-state index is 0.314. The number of pyridine rings is 1. The second-order valence-electron chi connectivity index (χ2n) is 4.65. The zero-order valence-electron chi connectivity index (χ0n) is 11.7. The molecule has 0 atom stereocenters. The molecule has 3 aromatic rings. The van der Waals surface area contributed by atoms with Gasteiger partial charge in [0, 0.05) is 10.4 Å². The van der Waals surface area contributed by atoms with Crippen LogP contribution in [0.5, 0.6) is 0 Å². The Morgan fingerprint density at radius 3 is 2.57 bits per heavy atom. The summed E-state index contributed by atoms with van der Waals surface area (Å²) < 4.78 is 42.1. The van der Waals surface area contributed by atoms with Crippen LogP contribution in [0.25, 0.3) is 10.9 Å². The van der Waals surface area contributed by atoms with Gasteiger partial charge in [-0.3, -0.25) is 4.98 Å². The van der Waals surface area contributed by atoms with Crippen molar-refractivity contribution in [2.75, 3.05) is 6.26 Å². The fourth-order valence-corrected chi connectivity index (χ4v) is 2.78. The van der Waals surface area contributed by atoms with Crippen LogP contribution in [-0.2, 0) is 5.92 Å². The van der Waals surface area contributed by atoms with Crippen LogP contribution in [-0.4, -0.2) is 21.2 Å². The summed E-state index contributed by atoms with van der Waals surface area (Å²) in [6.07, 6.45) is 2.46. The van der Waals surface area contributed by atoms with Crippen molar-refractivity contribution in [1.29, 1.82) is 0 Å². The predicted octanol–water partition coefficient (Wildman–Crippen LogP) is 4.68. The third-order valence-corrected chi connectivity index (χ3v) is 4.08. The third kappa shape index (κ3) is 2.98. The summed E-state index contributed by atoms with van der Waals surface area (Å²) in [7, 11) is 0. The summed E-state index contributed by atoms with van der Waals surface area (Å²) in [5.74, 6) is -4.94. The molecule has 0 bridgehead atoms. The largest absolute Gasteiger partial charge is 0.348 e. The molecule has 0 spiro atoms. The van der Waals surface area contributed by atoms with Crippen molar-refractivity contribution >= 4 is 34.3 Å². The van der Waals surface area contributed by atoms with Gasteiger partial charge in [-0.1, -0.05) is 11.6 Å². The van der Waals surface area contributed by atoms with Crippen LogP contribution in [0.1, 0.15) is 11.5 Å². The molecule has 0 amide bonds.